The zero-order valence-corrected chi connectivity index (χ0v) is 9.19. The van der Waals surface area contributed by atoms with Gasteiger partial charge < -0.3 is 15.2 Å². The van der Waals surface area contributed by atoms with Gasteiger partial charge in [0.2, 0.25) is 0 Å². The molecule has 0 bridgehead atoms. The highest BCUT2D eigenvalue weighted by molar-refractivity contribution is 5.95. The molecule has 0 radical (unpaired) electrons. The van der Waals surface area contributed by atoms with E-state index in [1.807, 2.05) is 6.92 Å². The summed E-state index contributed by atoms with van der Waals surface area (Å²) in [4.78, 5) is 11.7. The van der Waals surface area contributed by atoms with E-state index < -0.39 is 0 Å². The number of aryl methyl sites for hydroxylation is 1. The fourth-order valence-electron chi connectivity index (χ4n) is 1.75. The van der Waals surface area contributed by atoms with Crippen molar-refractivity contribution in [2.45, 2.75) is 25.9 Å². The van der Waals surface area contributed by atoms with E-state index in [9.17, 15) is 9.90 Å². The van der Waals surface area contributed by atoms with Gasteiger partial charge in [0.05, 0.1) is 5.69 Å². The molecule has 4 heteroatoms. The molecule has 1 aromatic carbocycles. The molecule has 2 rings (SSSR count). The van der Waals surface area contributed by atoms with Gasteiger partial charge in [0.25, 0.3) is 5.91 Å². The van der Waals surface area contributed by atoms with E-state index in [1.54, 1.807) is 18.2 Å². The minimum atomic E-state index is -0.375. The fraction of sp³-hybridized carbons (Fsp3) is 0.417. The minimum Gasteiger partial charge on any atom is -0.506 e. The van der Waals surface area contributed by atoms with E-state index in [0.717, 1.165) is 18.4 Å². The maximum absolute atomic E-state index is 11.7. The first kappa shape index (κ1) is 11.0. The monoisotopic (exact) mass is 221 g/mol. The summed E-state index contributed by atoms with van der Waals surface area (Å²) in [5.74, 6) is -0.102. The lowest BCUT2D eigenvalue weighted by Gasteiger charge is -2.11. The van der Waals surface area contributed by atoms with Crippen LogP contribution in [0.15, 0.2) is 18.2 Å². The Bertz CT molecular complexity index is 397. The number of phenolic OH excluding ortho intramolecular Hbond substituents is 1. The van der Waals surface area contributed by atoms with Gasteiger partial charge in [0, 0.05) is 6.61 Å². The molecule has 1 aliphatic rings. The standard InChI is InChI=1S/C12H15NO3/c1-8-4-5-10(14)9(7-8)13-12(15)11-3-2-6-16-11/h4-5,7,11,14H,2-3,6H2,1H3,(H,13,15). The summed E-state index contributed by atoms with van der Waals surface area (Å²) >= 11 is 0. The van der Waals surface area contributed by atoms with Crippen LogP contribution in [-0.4, -0.2) is 23.7 Å². The van der Waals surface area contributed by atoms with Crippen molar-refractivity contribution in [1.82, 2.24) is 0 Å². The van der Waals surface area contributed by atoms with Crippen molar-refractivity contribution in [2.24, 2.45) is 0 Å². The number of carbonyl (C=O) groups is 1. The van der Waals surface area contributed by atoms with Crippen molar-refractivity contribution >= 4 is 11.6 Å². The Morgan fingerprint density at radius 3 is 3.06 bits per heavy atom. The lowest BCUT2D eigenvalue weighted by atomic mass is 10.2. The van der Waals surface area contributed by atoms with Crippen LogP contribution in [0.25, 0.3) is 0 Å². The second-order valence-electron chi connectivity index (χ2n) is 4.01. The van der Waals surface area contributed by atoms with Crippen LogP contribution in [0.5, 0.6) is 5.75 Å². The third-order valence-corrected chi connectivity index (χ3v) is 2.63. The molecule has 1 fully saturated rings. The maximum atomic E-state index is 11.7. The number of aromatic hydroxyl groups is 1. The molecular formula is C12H15NO3. The first-order valence-electron chi connectivity index (χ1n) is 5.39. The molecule has 1 aliphatic heterocycles. The van der Waals surface area contributed by atoms with Crippen LogP contribution < -0.4 is 5.32 Å². The van der Waals surface area contributed by atoms with Gasteiger partial charge in [0.15, 0.2) is 0 Å². The SMILES string of the molecule is Cc1ccc(O)c(NC(=O)C2CCCO2)c1. The number of hydrogen-bond acceptors (Lipinski definition) is 3. The highest BCUT2D eigenvalue weighted by atomic mass is 16.5. The van der Waals surface area contributed by atoms with Crippen LogP contribution in [0.4, 0.5) is 5.69 Å². The largest absolute Gasteiger partial charge is 0.506 e. The van der Waals surface area contributed by atoms with E-state index in [2.05, 4.69) is 5.32 Å². The summed E-state index contributed by atoms with van der Waals surface area (Å²) in [6.07, 6.45) is 1.29. The minimum absolute atomic E-state index is 0.0805. The van der Waals surface area contributed by atoms with Crippen LogP contribution in [0.1, 0.15) is 18.4 Å². The van der Waals surface area contributed by atoms with E-state index in [4.69, 9.17) is 4.74 Å². The number of ether oxygens (including phenoxy) is 1. The molecule has 4 nitrogen and oxygen atoms in total. The normalized spacial score (nSPS) is 19.7. The molecule has 1 amide bonds. The number of phenols is 1. The van der Waals surface area contributed by atoms with E-state index in [1.165, 1.54) is 0 Å². The highest BCUT2D eigenvalue weighted by Crippen LogP contribution is 2.25. The quantitative estimate of drug-likeness (QED) is 0.749. The summed E-state index contributed by atoms with van der Waals surface area (Å²) in [6.45, 7) is 2.54. The second kappa shape index (κ2) is 4.53. The molecule has 16 heavy (non-hydrogen) atoms. The van der Waals surface area contributed by atoms with E-state index in [-0.39, 0.29) is 17.8 Å². The van der Waals surface area contributed by atoms with Gasteiger partial charge in [-0.15, -0.1) is 0 Å². The van der Waals surface area contributed by atoms with Crippen LogP contribution >= 0.6 is 0 Å². The Morgan fingerprint density at radius 1 is 1.56 bits per heavy atom. The number of rotatable bonds is 2. The summed E-state index contributed by atoms with van der Waals surface area (Å²) in [5, 5.41) is 12.3. The Balaban J connectivity index is 2.07. The van der Waals surface area contributed by atoms with Gasteiger partial charge in [-0.25, -0.2) is 0 Å². The van der Waals surface area contributed by atoms with Crippen molar-refractivity contribution in [3.63, 3.8) is 0 Å². The summed E-state index contributed by atoms with van der Waals surface area (Å²) < 4.78 is 5.26. The third-order valence-electron chi connectivity index (χ3n) is 2.63. The van der Waals surface area contributed by atoms with Gasteiger partial charge in [0.1, 0.15) is 11.9 Å². The number of benzene rings is 1. The zero-order valence-electron chi connectivity index (χ0n) is 9.19. The predicted octanol–water partition coefficient (Wildman–Crippen LogP) is 1.82. The highest BCUT2D eigenvalue weighted by Gasteiger charge is 2.24. The zero-order chi connectivity index (χ0) is 11.5. The third kappa shape index (κ3) is 2.33. The van der Waals surface area contributed by atoms with Gasteiger partial charge >= 0.3 is 0 Å². The van der Waals surface area contributed by atoms with Gasteiger partial charge in [-0.3, -0.25) is 4.79 Å². The Labute approximate surface area is 94.2 Å². The van der Waals surface area contributed by atoms with Gasteiger partial charge in [-0.1, -0.05) is 6.07 Å². The Morgan fingerprint density at radius 2 is 2.38 bits per heavy atom. The number of anilines is 1. The average molecular weight is 221 g/mol. The van der Waals surface area contributed by atoms with Crippen LogP contribution in [0.3, 0.4) is 0 Å². The molecular weight excluding hydrogens is 206 g/mol. The van der Waals surface area contributed by atoms with Crippen LogP contribution in [-0.2, 0) is 9.53 Å². The number of amides is 1. The molecule has 1 saturated heterocycles. The maximum Gasteiger partial charge on any atom is 0.253 e. The van der Waals surface area contributed by atoms with Crippen LogP contribution in [0.2, 0.25) is 0 Å². The van der Waals surface area contributed by atoms with Crippen LogP contribution in [0, 0.1) is 6.92 Å². The molecule has 1 unspecified atom stereocenters. The second-order valence-corrected chi connectivity index (χ2v) is 4.01. The molecule has 86 valence electrons. The topological polar surface area (TPSA) is 58.6 Å². The first-order chi connectivity index (χ1) is 7.66. The smallest absolute Gasteiger partial charge is 0.253 e. The number of hydrogen-bond donors (Lipinski definition) is 2. The van der Waals surface area contributed by atoms with Gasteiger partial charge in [-0.2, -0.15) is 0 Å². The van der Waals surface area contributed by atoms with Crippen molar-refractivity contribution in [1.29, 1.82) is 0 Å². The molecule has 2 N–H and O–H groups in total. The van der Waals surface area contributed by atoms with E-state index in [0.29, 0.717) is 12.3 Å². The van der Waals surface area contributed by atoms with E-state index >= 15 is 0 Å². The molecule has 0 saturated carbocycles. The fourth-order valence-corrected chi connectivity index (χ4v) is 1.75. The summed E-state index contributed by atoms with van der Waals surface area (Å²) in [5.41, 5.74) is 1.43. The molecule has 1 atom stereocenters. The lowest BCUT2D eigenvalue weighted by molar-refractivity contribution is -0.124. The molecule has 1 heterocycles. The predicted molar refractivity (Wildman–Crippen MR) is 60.4 cm³/mol. The summed E-state index contributed by atoms with van der Waals surface area (Å²) in [7, 11) is 0. The lowest BCUT2D eigenvalue weighted by Crippen LogP contribution is -2.26. The molecule has 1 aromatic rings. The van der Waals surface area contributed by atoms with Crippen molar-refractivity contribution < 1.29 is 14.6 Å². The molecule has 0 spiro atoms. The summed E-state index contributed by atoms with van der Waals surface area (Å²) in [6, 6.07) is 5.10. The van der Waals surface area contributed by atoms with Crippen molar-refractivity contribution in [3.05, 3.63) is 23.8 Å². The Hall–Kier alpha value is -1.55. The van der Waals surface area contributed by atoms with Gasteiger partial charge in [-0.05, 0) is 37.5 Å². The first-order valence-corrected chi connectivity index (χ1v) is 5.39. The number of carbonyl (C=O) groups excluding carboxylic acids is 1. The number of nitrogens with one attached hydrogen (secondary N) is 1. The Kier molecular flexibility index (Phi) is 3.10. The molecule has 0 aliphatic carbocycles. The van der Waals surface area contributed by atoms with Crippen molar-refractivity contribution in [2.75, 3.05) is 11.9 Å². The molecule has 0 aromatic heterocycles. The average Bonchev–Trinajstić information content (AvgIpc) is 2.76. The van der Waals surface area contributed by atoms with Crippen molar-refractivity contribution in [3.8, 4) is 5.75 Å².